The minimum absolute atomic E-state index is 0.154. The number of rotatable bonds is 8. The lowest BCUT2D eigenvalue weighted by atomic mass is 10.0. The Balaban J connectivity index is 1.60. The fourth-order valence-electron chi connectivity index (χ4n) is 3.37. The third kappa shape index (κ3) is 4.62. The van der Waals surface area contributed by atoms with E-state index in [4.69, 9.17) is 19.6 Å². The first kappa shape index (κ1) is 20.7. The third-order valence-corrected chi connectivity index (χ3v) is 5.72. The van der Waals surface area contributed by atoms with Crippen molar-refractivity contribution in [3.8, 4) is 16.9 Å². The van der Waals surface area contributed by atoms with Gasteiger partial charge in [-0.05, 0) is 53.8 Å². The van der Waals surface area contributed by atoms with Crippen molar-refractivity contribution in [1.82, 2.24) is 0 Å². The van der Waals surface area contributed by atoms with E-state index in [9.17, 15) is 9.59 Å². The van der Waals surface area contributed by atoms with Crippen LogP contribution < -0.4 is 10.5 Å². The summed E-state index contributed by atoms with van der Waals surface area (Å²) in [6.07, 6.45) is 1.79. The summed E-state index contributed by atoms with van der Waals surface area (Å²) in [6.45, 7) is 2.43. The number of amides is 1. The van der Waals surface area contributed by atoms with Crippen molar-refractivity contribution < 1.29 is 23.5 Å². The second kappa shape index (κ2) is 9.06. The van der Waals surface area contributed by atoms with Crippen LogP contribution in [0.25, 0.3) is 22.1 Å². The molecule has 0 aliphatic carbocycles. The number of carbonyl (C=O) groups excluding carboxylic acids is 2. The first-order valence-corrected chi connectivity index (χ1v) is 10.7. The van der Waals surface area contributed by atoms with Crippen LogP contribution in [0.15, 0.2) is 64.6 Å². The fourth-order valence-corrected chi connectivity index (χ4v) is 4.13. The molecule has 1 amide bonds. The number of carbonyl (C=O) groups is 2. The SMILES string of the molecule is CCOC(=O)Cc1ccccc1OCc1cc(-c2csc(C(N)=O)c2)c2occc2c1. The Labute approximate surface area is 183 Å². The molecule has 0 bridgehead atoms. The van der Waals surface area contributed by atoms with E-state index < -0.39 is 5.91 Å². The second-order valence-corrected chi connectivity index (χ2v) is 7.84. The lowest BCUT2D eigenvalue weighted by Crippen LogP contribution is -2.09. The molecule has 0 saturated heterocycles. The van der Waals surface area contributed by atoms with E-state index >= 15 is 0 Å². The van der Waals surface area contributed by atoms with Crippen LogP contribution in [0.3, 0.4) is 0 Å². The third-order valence-electron chi connectivity index (χ3n) is 4.77. The van der Waals surface area contributed by atoms with Gasteiger partial charge in [-0.2, -0.15) is 0 Å². The number of nitrogens with two attached hydrogens (primary N) is 1. The van der Waals surface area contributed by atoms with Crippen LogP contribution in [0.5, 0.6) is 5.75 Å². The number of fused-ring (bicyclic) bond motifs is 1. The van der Waals surface area contributed by atoms with E-state index in [0.717, 1.165) is 33.2 Å². The Morgan fingerprint density at radius 1 is 1.13 bits per heavy atom. The Hall–Kier alpha value is -3.58. The molecule has 0 unspecified atom stereocenters. The molecular formula is C24H21NO5S. The van der Waals surface area contributed by atoms with Crippen LogP contribution >= 0.6 is 11.3 Å². The number of hydrogen-bond acceptors (Lipinski definition) is 6. The zero-order valence-electron chi connectivity index (χ0n) is 16.9. The van der Waals surface area contributed by atoms with Crippen LogP contribution in [0.4, 0.5) is 0 Å². The summed E-state index contributed by atoms with van der Waals surface area (Å²) in [4.78, 5) is 23.9. The van der Waals surface area contributed by atoms with E-state index in [-0.39, 0.29) is 12.4 Å². The summed E-state index contributed by atoms with van der Waals surface area (Å²) in [5.74, 6) is -0.107. The number of benzene rings is 2. The molecule has 2 N–H and O–H groups in total. The van der Waals surface area contributed by atoms with E-state index in [1.165, 1.54) is 11.3 Å². The smallest absolute Gasteiger partial charge is 0.310 e. The van der Waals surface area contributed by atoms with Gasteiger partial charge in [0.25, 0.3) is 5.91 Å². The van der Waals surface area contributed by atoms with Gasteiger partial charge in [0.15, 0.2) is 0 Å². The maximum Gasteiger partial charge on any atom is 0.310 e. The average molecular weight is 436 g/mol. The molecular weight excluding hydrogens is 414 g/mol. The predicted octanol–water partition coefficient (Wildman–Crippen LogP) is 4.94. The number of thiophene rings is 1. The van der Waals surface area contributed by atoms with Gasteiger partial charge in [0, 0.05) is 16.5 Å². The van der Waals surface area contributed by atoms with Crippen LogP contribution in [-0.4, -0.2) is 18.5 Å². The summed E-state index contributed by atoms with van der Waals surface area (Å²) in [6, 6.07) is 15.1. The number of furan rings is 1. The predicted molar refractivity (Wildman–Crippen MR) is 119 cm³/mol. The van der Waals surface area contributed by atoms with Crippen molar-refractivity contribution in [3.05, 3.63) is 76.2 Å². The van der Waals surface area contributed by atoms with Crippen LogP contribution in [0, 0.1) is 0 Å². The first-order chi connectivity index (χ1) is 15.0. The lowest BCUT2D eigenvalue weighted by molar-refractivity contribution is -0.142. The Morgan fingerprint density at radius 3 is 2.74 bits per heavy atom. The van der Waals surface area contributed by atoms with E-state index in [1.807, 2.05) is 47.8 Å². The van der Waals surface area contributed by atoms with Gasteiger partial charge in [0.2, 0.25) is 0 Å². The Kier molecular flexibility index (Phi) is 6.04. The van der Waals surface area contributed by atoms with Crippen LogP contribution in [-0.2, 0) is 22.6 Å². The lowest BCUT2D eigenvalue weighted by Gasteiger charge is -2.12. The van der Waals surface area contributed by atoms with Gasteiger partial charge in [-0.15, -0.1) is 11.3 Å². The first-order valence-electron chi connectivity index (χ1n) is 9.80. The number of ether oxygens (including phenoxy) is 2. The monoisotopic (exact) mass is 435 g/mol. The molecule has 31 heavy (non-hydrogen) atoms. The van der Waals surface area contributed by atoms with Crippen LogP contribution in [0.1, 0.15) is 27.7 Å². The normalized spacial score (nSPS) is 10.9. The highest BCUT2D eigenvalue weighted by molar-refractivity contribution is 7.12. The van der Waals surface area contributed by atoms with Gasteiger partial charge in [0.05, 0.1) is 24.2 Å². The molecule has 0 atom stereocenters. The molecule has 158 valence electrons. The molecule has 2 aromatic heterocycles. The van der Waals surface area contributed by atoms with E-state index in [2.05, 4.69) is 0 Å². The molecule has 0 aliphatic rings. The highest BCUT2D eigenvalue weighted by atomic mass is 32.1. The van der Waals surface area contributed by atoms with Crippen LogP contribution in [0.2, 0.25) is 0 Å². The molecule has 6 nitrogen and oxygen atoms in total. The van der Waals surface area contributed by atoms with Gasteiger partial charge < -0.3 is 19.6 Å². The topological polar surface area (TPSA) is 91.8 Å². The molecule has 2 aromatic carbocycles. The molecule has 2 heterocycles. The standard InChI is InChI=1S/C24H21NO5S/c1-2-28-22(26)12-16-5-3-4-6-20(16)30-13-15-9-17-7-8-29-23(17)19(10-15)18-11-21(24(25)27)31-14-18/h3-11,14H,2,12-13H2,1H3,(H2,25,27). The molecule has 0 radical (unpaired) electrons. The highest BCUT2D eigenvalue weighted by Gasteiger charge is 2.14. The Morgan fingerprint density at radius 2 is 1.97 bits per heavy atom. The molecule has 0 fully saturated rings. The summed E-state index contributed by atoms with van der Waals surface area (Å²) in [5.41, 5.74) is 9.57. The highest BCUT2D eigenvalue weighted by Crippen LogP contribution is 2.34. The van der Waals surface area contributed by atoms with Crippen molar-refractivity contribution >= 4 is 34.2 Å². The second-order valence-electron chi connectivity index (χ2n) is 6.92. The van der Waals surface area contributed by atoms with Crippen molar-refractivity contribution in [2.24, 2.45) is 5.73 Å². The van der Waals surface area contributed by atoms with E-state index in [0.29, 0.717) is 23.8 Å². The fraction of sp³-hybridized carbons (Fsp3) is 0.167. The van der Waals surface area contributed by atoms with Gasteiger partial charge in [-0.25, -0.2) is 0 Å². The van der Waals surface area contributed by atoms with Crippen molar-refractivity contribution in [1.29, 1.82) is 0 Å². The summed E-state index contributed by atoms with van der Waals surface area (Å²) in [7, 11) is 0. The van der Waals surface area contributed by atoms with E-state index in [1.54, 1.807) is 19.3 Å². The largest absolute Gasteiger partial charge is 0.489 e. The molecule has 4 rings (SSSR count). The molecule has 7 heteroatoms. The summed E-state index contributed by atoms with van der Waals surface area (Å²) >= 11 is 1.30. The number of esters is 1. The molecule has 0 spiro atoms. The number of para-hydroxylation sites is 1. The maximum absolute atomic E-state index is 11.9. The average Bonchev–Trinajstić information content (AvgIpc) is 3.42. The van der Waals surface area contributed by atoms with Gasteiger partial charge in [-0.3, -0.25) is 9.59 Å². The zero-order valence-corrected chi connectivity index (χ0v) is 17.7. The summed E-state index contributed by atoms with van der Waals surface area (Å²) in [5, 5.41) is 2.82. The zero-order chi connectivity index (χ0) is 21.8. The van der Waals surface area contributed by atoms with Crippen molar-refractivity contribution in [3.63, 3.8) is 0 Å². The molecule has 4 aromatic rings. The summed E-state index contributed by atoms with van der Waals surface area (Å²) < 4.78 is 16.8. The molecule has 0 aliphatic heterocycles. The minimum atomic E-state index is -0.454. The maximum atomic E-state index is 11.9. The number of hydrogen-bond donors (Lipinski definition) is 1. The number of primary amides is 1. The Bertz CT molecular complexity index is 1240. The van der Waals surface area contributed by atoms with Crippen molar-refractivity contribution in [2.75, 3.05) is 6.61 Å². The van der Waals surface area contributed by atoms with Crippen molar-refractivity contribution in [2.45, 2.75) is 20.0 Å². The van der Waals surface area contributed by atoms with Gasteiger partial charge >= 0.3 is 5.97 Å². The van der Waals surface area contributed by atoms with Gasteiger partial charge in [0.1, 0.15) is 17.9 Å². The minimum Gasteiger partial charge on any atom is -0.489 e. The molecule has 0 saturated carbocycles. The van der Waals surface area contributed by atoms with Gasteiger partial charge in [-0.1, -0.05) is 18.2 Å². The quantitative estimate of drug-likeness (QED) is 0.396.